The van der Waals surface area contributed by atoms with Gasteiger partial charge in [-0.2, -0.15) is 0 Å². The number of benzene rings is 2. The molecule has 1 fully saturated rings. The molecule has 2 aliphatic rings. The Labute approximate surface area is 155 Å². The summed E-state index contributed by atoms with van der Waals surface area (Å²) in [5.41, 5.74) is 2.85. The van der Waals surface area contributed by atoms with E-state index in [0.717, 1.165) is 44.8 Å². The molecule has 1 amide bonds. The van der Waals surface area contributed by atoms with E-state index in [-0.39, 0.29) is 5.91 Å². The van der Waals surface area contributed by atoms with Crippen LogP contribution in [0.2, 0.25) is 0 Å². The van der Waals surface area contributed by atoms with Gasteiger partial charge in [0, 0.05) is 32.6 Å². The number of carbonyl (C=O) groups is 1. The minimum atomic E-state index is 0.254. The van der Waals surface area contributed by atoms with Gasteiger partial charge >= 0.3 is 0 Å². The van der Waals surface area contributed by atoms with Gasteiger partial charge in [-0.1, -0.05) is 42.5 Å². The predicted octanol–water partition coefficient (Wildman–Crippen LogP) is 3.29. The maximum Gasteiger partial charge on any atom is 0.222 e. The van der Waals surface area contributed by atoms with E-state index in [1.54, 1.807) is 0 Å². The molecule has 4 nitrogen and oxygen atoms in total. The van der Waals surface area contributed by atoms with Gasteiger partial charge in [0.05, 0.1) is 12.6 Å². The zero-order valence-corrected chi connectivity index (χ0v) is 15.1. The van der Waals surface area contributed by atoms with Crippen molar-refractivity contribution < 1.29 is 9.53 Å². The first-order valence-electron chi connectivity index (χ1n) is 9.59. The number of hydrogen-bond acceptors (Lipinski definition) is 3. The molecule has 1 unspecified atom stereocenters. The number of carbonyl (C=O) groups excluding carboxylic acids is 1. The largest absolute Gasteiger partial charge is 0.494 e. The number of fused-ring (bicyclic) bond motifs is 3. The molecule has 1 saturated heterocycles. The summed E-state index contributed by atoms with van der Waals surface area (Å²) in [7, 11) is 0. The van der Waals surface area contributed by atoms with E-state index in [1.165, 1.54) is 11.1 Å². The Bertz CT molecular complexity index is 747. The number of piperazine rings is 1. The summed E-state index contributed by atoms with van der Waals surface area (Å²) in [6.45, 7) is 4.33. The van der Waals surface area contributed by atoms with E-state index < -0.39 is 0 Å². The second kappa shape index (κ2) is 7.92. The number of hydrogen-bond donors (Lipinski definition) is 0. The summed E-state index contributed by atoms with van der Waals surface area (Å²) in [4.78, 5) is 17.2. The van der Waals surface area contributed by atoms with Crippen molar-refractivity contribution in [2.75, 3.05) is 32.8 Å². The third-order valence-electron chi connectivity index (χ3n) is 5.47. The molecule has 0 radical (unpaired) electrons. The van der Waals surface area contributed by atoms with Crippen molar-refractivity contribution in [3.8, 4) is 5.75 Å². The van der Waals surface area contributed by atoms with Crippen molar-refractivity contribution >= 4 is 5.91 Å². The third kappa shape index (κ3) is 3.75. The molecule has 1 atom stereocenters. The van der Waals surface area contributed by atoms with E-state index in [2.05, 4.69) is 29.2 Å². The summed E-state index contributed by atoms with van der Waals surface area (Å²) >= 11 is 0. The molecule has 0 aliphatic carbocycles. The maximum absolute atomic E-state index is 12.6. The molecule has 0 spiro atoms. The van der Waals surface area contributed by atoms with Gasteiger partial charge in [-0.15, -0.1) is 0 Å². The van der Waals surface area contributed by atoms with Crippen molar-refractivity contribution in [2.24, 2.45) is 0 Å². The molecule has 2 aromatic carbocycles. The van der Waals surface area contributed by atoms with Crippen LogP contribution in [0.4, 0.5) is 0 Å². The third-order valence-corrected chi connectivity index (χ3v) is 5.47. The fraction of sp³-hybridized carbons (Fsp3) is 0.409. The topological polar surface area (TPSA) is 32.8 Å². The van der Waals surface area contributed by atoms with Crippen LogP contribution in [0.15, 0.2) is 54.6 Å². The molecule has 136 valence electrons. The summed E-state index contributed by atoms with van der Waals surface area (Å²) in [6, 6.07) is 18.8. The Morgan fingerprint density at radius 3 is 2.69 bits per heavy atom. The Morgan fingerprint density at radius 1 is 1.00 bits per heavy atom. The van der Waals surface area contributed by atoms with Gasteiger partial charge in [0.1, 0.15) is 5.75 Å². The summed E-state index contributed by atoms with van der Waals surface area (Å²) in [5, 5.41) is 0. The van der Waals surface area contributed by atoms with Crippen molar-refractivity contribution in [3.05, 3.63) is 65.7 Å². The second-order valence-electron chi connectivity index (χ2n) is 7.11. The van der Waals surface area contributed by atoms with Crippen LogP contribution in [0.1, 0.15) is 30.0 Å². The molecule has 2 aliphatic heterocycles. The van der Waals surface area contributed by atoms with E-state index in [9.17, 15) is 4.79 Å². The quantitative estimate of drug-likeness (QED) is 0.776. The van der Waals surface area contributed by atoms with Crippen molar-refractivity contribution in [2.45, 2.75) is 25.3 Å². The highest BCUT2D eigenvalue weighted by Gasteiger charge is 2.33. The number of ether oxygens (including phenoxy) is 1. The Kier molecular flexibility index (Phi) is 5.21. The Balaban J connectivity index is 1.29. The second-order valence-corrected chi connectivity index (χ2v) is 7.11. The molecule has 0 aromatic heterocycles. The highest BCUT2D eigenvalue weighted by atomic mass is 16.5. The van der Waals surface area contributed by atoms with Crippen LogP contribution in [-0.4, -0.2) is 48.5 Å². The van der Waals surface area contributed by atoms with Gasteiger partial charge in [0.15, 0.2) is 0 Å². The van der Waals surface area contributed by atoms with E-state index in [4.69, 9.17) is 4.74 Å². The average Bonchev–Trinajstić information content (AvgIpc) is 2.71. The predicted molar refractivity (Wildman–Crippen MR) is 102 cm³/mol. The molecule has 0 saturated carbocycles. The van der Waals surface area contributed by atoms with Gasteiger partial charge in [-0.05, 0) is 36.1 Å². The minimum absolute atomic E-state index is 0.254. The standard InChI is InChI=1S/C22H26N2O2/c25-22(11-6-16-26-19-8-2-1-3-9-19)24-15-14-23-13-12-18-7-4-5-10-20(18)21(23)17-24/h1-5,7-10,21H,6,11-17H2. The monoisotopic (exact) mass is 350 g/mol. The van der Waals surface area contributed by atoms with Crippen LogP contribution in [0.25, 0.3) is 0 Å². The smallest absolute Gasteiger partial charge is 0.222 e. The van der Waals surface area contributed by atoms with Gasteiger partial charge in [-0.3, -0.25) is 9.69 Å². The van der Waals surface area contributed by atoms with Gasteiger partial charge < -0.3 is 9.64 Å². The van der Waals surface area contributed by atoms with Crippen LogP contribution < -0.4 is 4.74 Å². The lowest BCUT2D eigenvalue weighted by Gasteiger charge is -2.45. The van der Waals surface area contributed by atoms with E-state index >= 15 is 0 Å². The molecular formula is C22H26N2O2. The lowest BCUT2D eigenvalue weighted by atomic mass is 9.91. The zero-order valence-electron chi connectivity index (χ0n) is 15.1. The SMILES string of the molecule is O=C(CCCOc1ccccc1)N1CCN2CCc3ccccc3C2C1. The molecule has 2 heterocycles. The number of para-hydroxylation sites is 1. The molecule has 4 rings (SSSR count). The highest BCUT2D eigenvalue weighted by Crippen LogP contribution is 2.32. The van der Waals surface area contributed by atoms with Gasteiger partial charge in [0.25, 0.3) is 0 Å². The lowest BCUT2D eigenvalue weighted by molar-refractivity contribution is -0.134. The summed E-state index contributed by atoms with van der Waals surface area (Å²) < 4.78 is 5.70. The number of amides is 1. The minimum Gasteiger partial charge on any atom is -0.494 e. The van der Waals surface area contributed by atoms with Crippen LogP contribution >= 0.6 is 0 Å². The van der Waals surface area contributed by atoms with E-state index in [1.807, 2.05) is 35.2 Å². The molecule has 0 bridgehead atoms. The van der Waals surface area contributed by atoms with Crippen LogP contribution in [0, 0.1) is 0 Å². The first-order valence-corrected chi connectivity index (χ1v) is 9.59. The fourth-order valence-corrected chi connectivity index (χ4v) is 4.05. The molecule has 26 heavy (non-hydrogen) atoms. The molecule has 2 aromatic rings. The first-order chi connectivity index (χ1) is 12.8. The molecular weight excluding hydrogens is 324 g/mol. The Hall–Kier alpha value is -2.33. The fourth-order valence-electron chi connectivity index (χ4n) is 4.05. The normalized spacial score (nSPS) is 19.5. The van der Waals surface area contributed by atoms with Crippen LogP contribution in [0.5, 0.6) is 5.75 Å². The molecule has 4 heteroatoms. The lowest BCUT2D eigenvalue weighted by Crippen LogP contribution is -2.52. The maximum atomic E-state index is 12.6. The first kappa shape index (κ1) is 17.1. The van der Waals surface area contributed by atoms with Gasteiger partial charge in [0.2, 0.25) is 5.91 Å². The number of rotatable bonds is 5. The van der Waals surface area contributed by atoms with Crippen molar-refractivity contribution in [1.29, 1.82) is 0 Å². The average molecular weight is 350 g/mol. The van der Waals surface area contributed by atoms with Crippen molar-refractivity contribution in [1.82, 2.24) is 9.80 Å². The zero-order chi connectivity index (χ0) is 17.8. The van der Waals surface area contributed by atoms with Crippen molar-refractivity contribution in [3.63, 3.8) is 0 Å². The van der Waals surface area contributed by atoms with E-state index in [0.29, 0.717) is 19.1 Å². The van der Waals surface area contributed by atoms with Gasteiger partial charge in [-0.25, -0.2) is 0 Å². The highest BCUT2D eigenvalue weighted by molar-refractivity contribution is 5.76. The summed E-state index contributed by atoms with van der Waals surface area (Å²) in [5.74, 6) is 1.12. The Morgan fingerprint density at radius 2 is 1.81 bits per heavy atom. The number of nitrogens with zero attached hydrogens (tertiary/aromatic N) is 2. The summed E-state index contributed by atoms with van der Waals surface area (Å²) in [6.07, 6.45) is 2.44. The van der Waals surface area contributed by atoms with Crippen LogP contribution in [-0.2, 0) is 11.2 Å². The van der Waals surface area contributed by atoms with Crippen LogP contribution in [0.3, 0.4) is 0 Å². The molecule has 0 N–H and O–H groups in total.